The fourth-order valence-corrected chi connectivity index (χ4v) is 1.62. The summed E-state index contributed by atoms with van der Waals surface area (Å²) in [7, 11) is 0. The first-order valence-corrected chi connectivity index (χ1v) is 4.59. The molecule has 0 spiro atoms. The quantitative estimate of drug-likeness (QED) is 0.676. The first kappa shape index (κ1) is 9.52. The smallest absolute Gasteiger partial charge is 0.223 e. The largest absolute Gasteiger partial charge is 0.392 e. The molecular formula is C9H17NO2. The summed E-state index contributed by atoms with van der Waals surface area (Å²) in [5, 5.41) is 9.10. The molecule has 0 radical (unpaired) electrons. The third-order valence-corrected chi connectivity index (χ3v) is 2.36. The van der Waals surface area contributed by atoms with Gasteiger partial charge in [-0.3, -0.25) is 4.79 Å². The lowest BCUT2D eigenvalue weighted by molar-refractivity contribution is -0.128. The fourth-order valence-electron chi connectivity index (χ4n) is 1.62. The average Bonchev–Trinajstić information content (AvgIpc) is 2.31. The van der Waals surface area contributed by atoms with E-state index in [0.29, 0.717) is 18.9 Å². The molecule has 0 aromatic heterocycles. The molecule has 1 heterocycles. The maximum Gasteiger partial charge on any atom is 0.223 e. The fraction of sp³-hybridized carbons (Fsp3) is 0.889. The summed E-state index contributed by atoms with van der Waals surface area (Å²) in [4.78, 5) is 13.1. The van der Waals surface area contributed by atoms with Crippen LogP contribution in [0.5, 0.6) is 0 Å². The number of β-amino-alcohol motifs (C(OH)–C–C–N with tert-alkyl or cyclic N) is 1. The Hall–Kier alpha value is -0.570. The lowest BCUT2D eigenvalue weighted by atomic mass is 10.1. The average molecular weight is 171 g/mol. The number of aliphatic hydroxyl groups excluding tert-OH is 1. The van der Waals surface area contributed by atoms with Crippen molar-refractivity contribution < 1.29 is 9.90 Å². The van der Waals surface area contributed by atoms with Crippen molar-refractivity contribution in [1.82, 2.24) is 4.90 Å². The van der Waals surface area contributed by atoms with Crippen molar-refractivity contribution in [2.75, 3.05) is 13.1 Å². The van der Waals surface area contributed by atoms with Gasteiger partial charge in [0, 0.05) is 19.5 Å². The maximum absolute atomic E-state index is 11.3. The van der Waals surface area contributed by atoms with Crippen LogP contribution in [-0.2, 0) is 4.79 Å². The van der Waals surface area contributed by atoms with E-state index in [1.54, 1.807) is 11.8 Å². The highest BCUT2D eigenvalue weighted by molar-refractivity contribution is 5.78. The molecule has 2 atom stereocenters. The van der Waals surface area contributed by atoms with Gasteiger partial charge in [0.25, 0.3) is 0 Å². The second-order valence-electron chi connectivity index (χ2n) is 3.63. The van der Waals surface area contributed by atoms with Crippen LogP contribution in [0.25, 0.3) is 0 Å². The van der Waals surface area contributed by atoms with Gasteiger partial charge in [-0.2, -0.15) is 0 Å². The number of hydrogen-bond acceptors (Lipinski definition) is 2. The molecule has 0 bridgehead atoms. The van der Waals surface area contributed by atoms with Crippen LogP contribution in [-0.4, -0.2) is 35.1 Å². The van der Waals surface area contributed by atoms with E-state index in [4.69, 9.17) is 5.11 Å². The second kappa shape index (κ2) is 3.90. The third-order valence-electron chi connectivity index (χ3n) is 2.36. The molecule has 3 heteroatoms. The van der Waals surface area contributed by atoms with Gasteiger partial charge >= 0.3 is 0 Å². The van der Waals surface area contributed by atoms with E-state index in [1.807, 2.05) is 0 Å². The van der Waals surface area contributed by atoms with E-state index >= 15 is 0 Å². The Kier molecular flexibility index (Phi) is 3.09. The monoisotopic (exact) mass is 171 g/mol. The van der Waals surface area contributed by atoms with E-state index in [0.717, 1.165) is 13.0 Å². The summed E-state index contributed by atoms with van der Waals surface area (Å²) < 4.78 is 0. The Morgan fingerprint density at radius 1 is 1.75 bits per heavy atom. The molecule has 3 nitrogen and oxygen atoms in total. The lowest BCUT2D eigenvalue weighted by Crippen LogP contribution is -2.32. The van der Waals surface area contributed by atoms with Crippen LogP contribution in [0.2, 0.25) is 0 Å². The predicted molar refractivity (Wildman–Crippen MR) is 46.7 cm³/mol. The van der Waals surface area contributed by atoms with E-state index in [2.05, 4.69) is 6.92 Å². The summed E-state index contributed by atoms with van der Waals surface area (Å²) in [5.74, 6) is 0.707. The Labute approximate surface area is 73.4 Å². The number of rotatable bonds is 3. The second-order valence-corrected chi connectivity index (χ2v) is 3.63. The summed E-state index contributed by atoms with van der Waals surface area (Å²) in [6.45, 7) is 5.14. The van der Waals surface area contributed by atoms with Crippen LogP contribution in [0.4, 0.5) is 0 Å². The van der Waals surface area contributed by atoms with Crippen molar-refractivity contribution in [2.24, 2.45) is 5.92 Å². The number of carbonyl (C=O) groups is 1. The number of likely N-dealkylation sites (tertiary alicyclic amines) is 1. The first-order valence-electron chi connectivity index (χ1n) is 4.59. The third kappa shape index (κ3) is 2.21. The number of carbonyl (C=O) groups excluding carboxylic acids is 1. The molecule has 1 rings (SSSR count). The standard InChI is InChI=1S/C9H17NO2/c1-3-8-4-9(12)10(6-8)5-7(2)11/h7-8,11H,3-6H2,1-2H3/t7-,8?/m1/s1. The van der Waals surface area contributed by atoms with Crippen molar-refractivity contribution in [2.45, 2.75) is 32.8 Å². The van der Waals surface area contributed by atoms with Crippen molar-refractivity contribution in [1.29, 1.82) is 0 Å². The van der Waals surface area contributed by atoms with E-state index in [1.165, 1.54) is 0 Å². The summed E-state index contributed by atoms with van der Waals surface area (Å²) >= 11 is 0. The van der Waals surface area contributed by atoms with Gasteiger partial charge < -0.3 is 10.0 Å². The number of hydrogen-bond donors (Lipinski definition) is 1. The van der Waals surface area contributed by atoms with Crippen LogP contribution in [0, 0.1) is 5.92 Å². The van der Waals surface area contributed by atoms with Crippen LogP contribution < -0.4 is 0 Å². The number of nitrogens with zero attached hydrogens (tertiary/aromatic N) is 1. The molecule has 70 valence electrons. The highest BCUT2D eigenvalue weighted by Crippen LogP contribution is 2.20. The molecule has 12 heavy (non-hydrogen) atoms. The molecule has 1 aliphatic rings. The van der Waals surface area contributed by atoms with Crippen LogP contribution in [0.3, 0.4) is 0 Å². The molecule has 1 amide bonds. The minimum Gasteiger partial charge on any atom is -0.392 e. The highest BCUT2D eigenvalue weighted by Gasteiger charge is 2.28. The summed E-state index contributed by atoms with van der Waals surface area (Å²) in [6, 6.07) is 0. The Balaban J connectivity index is 2.41. The van der Waals surface area contributed by atoms with Gasteiger partial charge in [0.1, 0.15) is 0 Å². The van der Waals surface area contributed by atoms with Gasteiger partial charge in [-0.25, -0.2) is 0 Å². The first-order chi connectivity index (χ1) is 5.63. The zero-order chi connectivity index (χ0) is 9.14. The Bertz CT molecular complexity index is 168. The predicted octanol–water partition coefficient (Wildman–Crippen LogP) is 0.626. The van der Waals surface area contributed by atoms with Crippen molar-refractivity contribution >= 4 is 5.91 Å². The van der Waals surface area contributed by atoms with E-state index in [-0.39, 0.29) is 5.91 Å². The number of amides is 1. The SMILES string of the molecule is CCC1CC(=O)N(C[C@@H](C)O)C1. The normalized spacial score (nSPS) is 26.4. The molecule has 0 aliphatic carbocycles. The van der Waals surface area contributed by atoms with Crippen LogP contribution >= 0.6 is 0 Å². The minimum atomic E-state index is -0.399. The zero-order valence-electron chi connectivity index (χ0n) is 7.79. The highest BCUT2D eigenvalue weighted by atomic mass is 16.3. The molecule has 1 unspecified atom stereocenters. The molecule has 0 aromatic carbocycles. The lowest BCUT2D eigenvalue weighted by Gasteiger charge is -2.17. The van der Waals surface area contributed by atoms with Gasteiger partial charge in [0.2, 0.25) is 5.91 Å². The topological polar surface area (TPSA) is 40.5 Å². The molecule has 0 saturated carbocycles. The molecular weight excluding hydrogens is 154 g/mol. The van der Waals surface area contributed by atoms with Gasteiger partial charge in [-0.1, -0.05) is 13.3 Å². The minimum absolute atomic E-state index is 0.197. The Morgan fingerprint density at radius 2 is 2.42 bits per heavy atom. The molecule has 0 aromatic rings. The van der Waals surface area contributed by atoms with Crippen LogP contribution in [0.15, 0.2) is 0 Å². The van der Waals surface area contributed by atoms with Gasteiger partial charge in [-0.15, -0.1) is 0 Å². The zero-order valence-corrected chi connectivity index (χ0v) is 7.79. The van der Waals surface area contributed by atoms with E-state index < -0.39 is 6.10 Å². The molecule has 1 N–H and O–H groups in total. The summed E-state index contributed by atoms with van der Waals surface area (Å²) in [5.41, 5.74) is 0. The van der Waals surface area contributed by atoms with Gasteiger partial charge in [0.15, 0.2) is 0 Å². The number of aliphatic hydroxyl groups is 1. The maximum atomic E-state index is 11.3. The van der Waals surface area contributed by atoms with Crippen molar-refractivity contribution in [3.8, 4) is 0 Å². The van der Waals surface area contributed by atoms with Crippen LogP contribution in [0.1, 0.15) is 26.7 Å². The van der Waals surface area contributed by atoms with Crippen molar-refractivity contribution in [3.63, 3.8) is 0 Å². The van der Waals surface area contributed by atoms with E-state index in [9.17, 15) is 4.79 Å². The van der Waals surface area contributed by atoms with Gasteiger partial charge in [0.05, 0.1) is 6.10 Å². The Morgan fingerprint density at radius 3 is 2.83 bits per heavy atom. The molecule has 1 aliphatic heterocycles. The molecule has 1 saturated heterocycles. The summed E-state index contributed by atoms with van der Waals surface area (Å²) in [6.07, 6.45) is 1.33. The molecule has 1 fully saturated rings. The van der Waals surface area contributed by atoms with Crippen molar-refractivity contribution in [3.05, 3.63) is 0 Å². The van der Waals surface area contributed by atoms with Gasteiger partial charge in [-0.05, 0) is 12.8 Å².